The minimum Gasteiger partial charge on any atom is -0.385 e. The Morgan fingerprint density at radius 3 is 2.85 bits per heavy atom. The Bertz CT molecular complexity index is 696. The van der Waals surface area contributed by atoms with Crippen molar-refractivity contribution >= 4 is 17.3 Å². The highest BCUT2D eigenvalue weighted by Crippen LogP contribution is 2.24. The van der Waals surface area contributed by atoms with Crippen LogP contribution in [0.2, 0.25) is 0 Å². The average molecular weight is 381 g/mol. The highest BCUT2D eigenvalue weighted by atomic mass is 32.1. The van der Waals surface area contributed by atoms with Crippen molar-refractivity contribution in [3.8, 4) is 0 Å². The van der Waals surface area contributed by atoms with E-state index in [1.807, 2.05) is 36.1 Å². The molecule has 2 aromatic rings. The molecule has 0 radical (unpaired) electrons. The zero-order chi connectivity index (χ0) is 19.0. The number of nitrogens with zero attached hydrogens (tertiary/aromatic N) is 4. The minimum atomic E-state index is -0.968. The van der Waals surface area contributed by atoms with Gasteiger partial charge in [-0.1, -0.05) is 6.07 Å². The van der Waals surface area contributed by atoms with Crippen LogP contribution in [0.5, 0.6) is 0 Å². The zero-order valence-electron chi connectivity index (χ0n) is 15.8. The first kappa shape index (κ1) is 20.3. The number of nitrogens with one attached hydrogen (secondary N) is 2. The molecular formula is C17H28N6O2S. The second-order valence-electron chi connectivity index (χ2n) is 6.27. The molecule has 2 aromatic heterocycles. The molecule has 3 N–H and O–H groups in total. The summed E-state index contributed by atoms with van der Waals surface area (Å²) in [6, 6.07) is 3.86. The first-order valence-corrected chi connectivity index (χ1v) is 9.44. The average Bonchev–Trinajstić information content (AvgIpc) is 3.26. The van der Waals surface area contributed by atoms with E-state index < -0.39 is 5.60 Å². The molecule has 9 heteroatoms. The van der Waals surface area contributed by atoms with Gasteiger partial charge in [-0.3, -0.25) is 0 Å². The SMILES string of the molecule is COCCCNC(=NCc1nnc(C)n1C)NCC(C)(O)c1cccs1. The molecule has 0 aliphatic heterocycles. The van der Waals surface area contributed by atoms with Crippen LogP contribution in [0.25, 0.3) is 0 Å². The van der Waals surface area contributed by atoms with Crippen LogP contribution >= 0.6 is 11.3 Å². The summed E-state index contributed by atoms with van der Waals surface area (Å²) in [5, 5.41) is 27.3. The van der Waals surface area contributed by atoms with Gasteiger partial charge in [0.2, 0.25) is 0 Å². The van der Waals surface area contributed by atoms with E-state index in [0.717, 1.165) is 29.5 Å². The molecular weight excluding hydrogens is 352 g/mol. The second kappa shape index (κ2) is 9.65. The van der Waals surface area contributed by atoms with Crippen molar-refractivity contribution in [2.24, 2.45) is 12.0 Å². The van der Waals surface area contributed by atoms with E-state index in [1.165, 1.54) is 11.3 Å². The van der Waals surface area contributed by atoms with Gasteiger partial charge in [0.15, 0.2) is 11.8 Å². The maximum absolute atomic E-state index is 10.7. The van der Waals surface area contributed by atoms with E-state index in [4.69, 9.17) is 4.74 Å². The summed E-state index contributed by atoms with van der Waals surface area (Å²) in [4.78, 5) is 5.48. The Morgan fingerprint density at radius 2 is 2.23 bits per heavy atom. The van der Waals surface area contributed by atoms with E-state index in [2.05, 4.69) is 25.8 Å². The summed E-state index contributed by atoms with van der Waals surface area (Å²) in [5.74, 6) is 2.25. The molecule has 144 valence electrons. The Hall–Kier alpha value is -1.97. The van der Waals surface area contributed by atoms with Gasteiger partial charge in [-0.25, -0.2) is 4.99 Å². The van der Waals surface area contributed by atoms with Gasteiger partial charge in [0, 0.05) is 32.2 Å². The number of aryl methyl sites for hydroxylation is 1. The maximum Gasteiger partial charge on any atom is 0.191 e. The Labute approximate surface area is 158 Å². The van der Waals surface area contributed by atoms with Gasteiger partial charge in [0.05, 0.1) is 6.54 Å². The Balaban J connectivity index is 2.00. The summed E-state index contributed by atoms with van der Waals surface area (Å²) in [6.07, 6.45) is 0.863. The summed E-state index contributed by atoms with van der Waals surface area (Å²) in [7, 11) is 3.60. The molecule has 0 aliphatic rings. The van der Waals surface area contributed by atoms with E-state index in [0.29, 0.717) is 25.7 Å². The largest absolute Gasteiger partial charge is 0.385 e. The van der Waals surface area contributed by atoms with Crippen LogP contribution in [-0.4, -0.2) is 52.6 Å². The molecule has 0 spiro atoms. The number of ether oxygens (including phenoxy) is 1. The number of aliphatic hydroxyl groups is 1. The molecule has 0 amide bonds. The lowest BCUT2D eigenvalue weighted by Crippen LogP contribution is -2.44. The van der Waals surface area contributed by atoms with Crippen molar-refractivity contribution in [3.05, 3.63) is 34.0 Å². The van der Waals surface area contributed by atoms with E-state index in [-0.39, 0.29) is 0 Å². The monoisotopic (exact) mass is 380 g/mol. The van der Waals surface area contributed by atoms with Gasteiger partial charge >= 0.3 is 0 Å². The third kappa shape index (κ3) is 5.79. The molecule has 2 heterocycles. The molecule has 0 saturated heterocycles. The van der Waals surface area contributed by atoms with Crippen molar-refractivity contribution in [1.29, 1.82) is 0 Å². The van der Waals surface area contributed by atoms with Crippen molar-refractivity contribution < 1.29 is 9.84 Å². The lowest BCUT2D eigenvalue weighted by Gasteiger charge is -2.24. The van der Waals surface area contributed by atoms with Gasteiger partial charge in [-0.2, -0.15) is 0 Å². The fourth-order valence-electron chi connectivity index (χ4n) is 2.26. The van der Waals surface area contributed by atoms with Crippen LogP contribution in [0, 0.1) is 6.92 Å². The number of thiophene rings is 1. The molecule has 1 atom stereocenters. The predicted molar refractivity (Wildman–Crippen MR) is 103 cm³/mol. The van der Waals surface area contributed by atoms with Gasteiger partial charge in [0.1, 0.15) is 18.0 Å². The zero-order valence-corrected chi connectivity index (χ0v) is 16.6. The summed E-state index contributed by atoms with van der Waals surface area (Å²) in [6.45, 7) is 5.84. The van der Waals surface area contributed by atoms with E-state index >= 15 is 0 Å². The number of aliphatic imine (C=N–C) groups is 1. The fourth-order valence-corrected chi connectivity index (χ4v) is 3.05. The quantitative estimate of drug-likeness (QED) is 0.343. The van der Waals surface area contributed by atoms with E-state index in [9.17, 15) is 5.11 Å². The van der Waals surface area contributed by atoms with Crippen LogP contribution in [0.15, 0.2) is 22.5 Å². The molecule has 0 bridgehead atoms. The van der Waals surface area contributed by atoms with Crippen LogP contribution in [0.3, 0.4) is 0 Å². The van der Waals surface area contributed by atoms with Crippen LogP contribution in [-0.2, 0) is 23.9 Å². The highest BCUT2D eigenvalue weighted by molar-refractivity contribution is 7.10. The van der Waals surface area contributed by atoms with Crippen molar-refractivity contribution in [1.82, 2.24) is 25.4 Å². The number of rotatable bonds is 9. The molecule has 8 nitrogen and oxygen atoms in total. The predicted octanol–water partition coefficient (Wildman–Crippen LogP) is 1.16. The smallest absolute Gasteiger partial charge is 0.191 e. The van der Waals surface area contributed by atoms with Crippen molar-refractivity contribution in [2.45, 2.75) is 32.4 Å². The third-order valence-corrected chi connectivity index (χ3v) is 5.15. The number of methoxy groups -OCH3 is 1. The van der Waals surface area contributed by atoms with Crippen LogP contribution < -0.4 is 10.6 Å². The molecule has 0 aromatic carbocycles. The Morgan fingerprint density at radius 1 is 1.42 bits per heavy atom. The van der Waals surface area contributed by atoms with Crippen LogP contribution in [0.4, 0.5) is 0 Å². The highest BCUT2D eigenvalue weighted by Gasteiger charge is 2.24. The fraction of sp³-hybridized carbons (Fsp3) is 0.588. The standard InChI is InChI=1S/C17H28N6O2S/c1-13-21-22-15(23(13)3)11-19-16(18-8-6-9-25-4)20-12-17(2,24)14-7-5-10-26-14/h5,7,10,24H,6,8-9,11-12H2,1-4H3,(H2,18,19,20). The third-order valence-electron chi connectivity index (χ3n) is 4.03. The summed E-state index contributed by atoms with van der Waals surface area (Å²) >= 11 is 1.53. The molecule has 0 aliphatic carbocycles. The first-order valence-electron chi connectivity index (χ1n) is 8.56. The normalized spacial score (nSPS) is 14.3. The number of guanidine groups is 1. The topological polar surface area (TPSA) is 96.6 Å². The van der Waals surface area contributed by atoms with Crippen molar-refractivity contribution in [3.63, 3.8) is 0 Å². The number of aromatic nitrogens is 3. The van der Waals surface area contributed by atoms with Gasteiger partial charge in [0.25, 0.3) is 0 Å². The number of hydrogen-bond acceptors (Lipinski definition) is 6. The molecule has 1 unspecified atom stereocenters. The van der Waals surface area contributed by atoms with E-state index in [1.54, 1.807) is 14.0 Å². The van der Waals surface area contributed by atoms with Gasteiger partial charge in [-0.05, 0) is 31.7 Å². The second-order valence-corrected chi connectivity index (χ2v) is 7.21. The lowest BCUT2D eigenvalue weighted by atomic mass is 10.1. The maximum atomic E-state index is 10.7. The molecule has 0 saturated carbocycles. The minimum absolute atomic E-state index is 0.349. The summed E-state index contributed by atoms with van der Waals surface area (Å²) in [5.41, 5.74) is -0.968. The van der Waals surface area contributed by atoms with Crippen molar-refractivity contribution in [2.75, 3.05) is 26.8 Å². The molecule has 0 fully saturated rings. The molecule has 26 heavy (non-hydrogen) atoms. The van der Waals surface area contributed by atoms with Gasteiger partial charge < -0.3 is 25.0 Å². The summed E-state index contributed by atoms with van der Waals surface area (Å²) < 4.78 is 6.98. The first-order chi connectivity index (χ1) is 12.4. The number of hydrogen-bond donors (Lipinski definition) is 3. The molecule has 2 rings (SSSR count). The Kier molecular flexibility index (Phi) is 7.55. The van der Waals surface area contributed by atoms with Crippen LogP contribution in [0.1, 0.15) is 29.9 Å². The lowest BCUT2D eigenvalue weighted by molar-refractivity contribution is 0.0655. The van der Waals surface area contributed by atoms with Gasteiger partial charge in [-0.15, -0.1) is 21.5 Å².